The first-order valence-corrected chi connectivity index (χ1v) is 7.26. The molecule has 0 saturated carbocycles. The van der Waals surface area contributed by atoms with Crippen LogP contribution in [0.25, 0.3) is 0 Å². The number of amides is 1. The third-order valence-corrected chi connectivity index (χ3v) is 3.93. The highest BCUT2D eigenvalue weighted by Crippen LogP contribution is 2.32. The quantitative estimate of drug-likeness (QED) is 0.643. The molecule has 2 aromatic carbocycles. The van der Waals surface area contributed by atoms with Crippen LogP contribution >= 0.6 is 11.6 Å². The van der Waals surface area contributed by atoms with E-state index < -0.39 is 12.1 Å². The number of benzene rings is 2. The third kappa shape index (κ3) is 2.46. The summed E-state index contributed by atoms with van der Waals surface area (Å²) in [6.45, 7) is 1.90. The standard InChI is InChI=1S/C17H14ClNO3/c1-11-4-2-3-5-14(11)19-15(10-20)16(17(19)21)22-13-8-6-12(18)7-9-13/h2-10,15-16H,1H3/t15-,16+/m1/s1. The van der Waals surface area contributed by atoms with E-state index in [2.05, 4.69) is 0 Å². The summed E-state index contributed by atoms with van der Waals surface area (Å²) in [5.41, 5.74) is 1.67. The maximum Gasteiger partial charge on any atom is 0.271 e. The summed E-state index contributed by atoms with van der Waals surface area (Å²) in [4.78, 5) is 25.2. The normalized spacial score (nSPS) is 20.5. The van der Waals surface area contributed by atoms with Crippen molar-refractivity contribution in [2.24, 2.45) is 0 Å². The van der Waals surface area contributed by atoms with Gasteiger partial charge in [0.25, 0.3) is 5.91 Å². The van der Waals surface area contributed by atoms with Gasteiger partial charge in [0.2, 0.25) is 6.10 Å². The predicted molar refractivity (Wildman–Crippen MR) is 84.4 cm³/mol. The Hall–Kier alpha value is -2.33. The van der Waals surface area contributed by atoms with E-state index >= 15 is 0 Å². The summed E-state index contributed by atoms with van der Waals surface area (Å²) in [6.07, 6.45) is -0.0488. The van der Waals surface area contributed by atoms with Gasteiger partial charge in [-0.3, -0.25) is 9.69 Å². The summed E-state index contributed by atoms with van der Waals surface area (Å²) in [7, 11) is 0. The molecule has 0 radical (unpaired) electrons. The van der Waals surface area contributed by atoms with Gasteiger partial charge in [0.1, 0.15) is 18.1 Å². The average molecular weight is 316 g/mol. The minimum Gasteiger partial charge on any atom is -0.478 e. The van der Waals surface area contributed by atoms with Crippen molar-refractivity contribution in [3.8, 4) is 5.75 Å². The van der Waals surface area contributed by atoms with Crippen molar-refractivity contribution >= 4 is 29.5 Å². The third-order valence-electron chi connectivity index (χ3n) is 3.68. The zero-order valence-corrected chi connectivity index (χ0v) is 12.7. The Kier molecular flexibility index (Phi) is 3.86. The molecule has 1 aliphatic heterocycles. The summed E-state index contributed by atoms with van der Waals surface area (Å²) in [6, 6.07) is 13.5. The molecule has 2 atom stereocenters. The van der Waals surface area contributed by atoms with E-state index in [1.54, 1.807) is 24.3 Å². The van der Waals surface area contributed by atoms with Crippen molar-refractivity contribution in [1.82, 2.24) is 0 Å². The Morgan fingerprint density at radius 1 is 1.14 bits per heavy atom. The lowest BCUT2D eigenvalue weighted by Gasteiger charge is -2.44. The first-order chi connectivity index (χ1) is 10.6. The van der Waals surface area contributed by atoms with Crippen molar-refractivity contribution < 1.29 is 14.3 Å². The van der Waals surface area contributed by atoms with E-state index in [-0.39, 0.29) is 5.91 Å². The van der Waals surface area contributed by atoms with Gasteiger partial charge in [-0.15, -0.1) is 0 Å². The van der Waals surface area contributed by atoms with Gasteiger partial charge < -0.3 is 9.53 Å². The molecule has 0 unspecified atom stereocenters. The van der Waals surface area contributed by atoms with Gasteiger partial charge in [-0.2, -0.15) is 0 Å². The van der Waals surface area contributed by atoms with E-state index in [4.69, 9.17) is 16.3 Å². The lowest BCUT2D eigenvalue weighted by molar-refractivity contribution is -0.138. The number of hydrogen-bond acceptors (Lipinski definition) is 3. The molecular formula is C17H14ClNO3. The van der Waals surface area contributed by atoms with Crippen molar-refractivity contribution in [1.29, 1.82) is 0 Å². The van der Waals surface area contributed by atoms with E-state index in [0.717, 1.165) is 17.5 Å². The van der Waals surface area contributed by atoms with Crippen LogP contribution in [0.3, 0.4) is 0 Å². The Bertz CT molecular complexity index is 714. The number of aryl methyl sites for hydroxylation is 1. The van der Waals surface area contributed by atoms with Crippen LogP contribution in [-0.4, -0.2) is 24.3 Å². The summed E-state index contributed by atoms with van der Waals surface area (Å²) in [5.74, 6) is 0.292. The fourth-order valence-corrected chi connectivity index (χ4v) is 2.63. The van der Waals surface area contributed by atoms with Crippen LogP contribution in [0.1, 0.15) is 5.56 Å². The lowest BCUT2D eigenvalue weighted by atomic mass is 9.96. The van der Waals surface area contributed by atoms with Gasteiger partial charge in [0.15, 0.2) is 0 Å². The highest BCUT2D eigenvalue weighted by atomic mass is 35.5. The molecule has 1 amide bonds. The molecule has 0 N–H and O–H groups in total. The van der Waals surface area contributed by atoms with Crippen molar-refractivity contribution in [3.63, 3.8) is 0 Å². The van der Waals surface area contributed by atoms with Crippen molar-refractivity contribution in [2.75, 3.05) is 4.90 Å². The van der Waals surface area contributed by atoms with E-state index in [0.29, 0.717) is 10.8 Å². The Labute approximate surface area is 133 Å². The number of rotatable bonds is 4. The number of aldehydes is 1. The van der Waals surface area contributed by atoms with Crippen LogP contribution in [0.5, 0.6) is 5.75 Å². The lowest BCUT2D eigenvalue weighted by Crippen LogP contribution is -2.68. The molecule has 0 aromatic heterocycles. The van der Waals surface area contributed by atoms with Gasteiger partial charge in [0.05, 0.1) is 0 Å². The van der Waals surface area contributed by atoms with Gasteiger partial charge in [0, 0.05) is 10.7 Å². The second-order valence-corrected chi connectivity index (χ2v) is 5.55. The SMILES string of the molecule is Cc1ccccc1N1C(=O)[C@@H](Oc2ccc(Cl)cc2)[C@H]1C=O. The van der Waals surface area contributed by atoms with Crippen LogP contribution < -0.4 is 9.64 Å². The molecule has 0 bridgehead atoms. The summed E-state index contributed by atoms with van der Waals surface area (Å²) in [5, 5.41) is 0.584. The molecule has 4 nitrogen and oxygen atoms in total. The van der Waals surface area contributed by atoms with Gasteiger partial charge >= 0.3 is 0 Å². The second-order valence-electron chi connectivity index (χ2n) is 5.11. The molecule has 22 heavy (non-hydrogen) atoms. The Morgan fingerprint density at radius 2 is 1.82 bits per heavy atom. The van der Waals surface area contributed by atoms with E-state index in [1.807, 2.05) is 31.2 Å². The smallest absolute Gasteiger partial charge is 0.271 e. The minimum absolute atomic E-state index is 0.221. The zero-order valence-electron chi connectivity index (χ0n) is 11.9. The fourth-order valence-electron chi connectivity index (χ4n) is 2.51. The number of nitrogens with zero attached hydrogens (tertiary/aromatic N) is 1. The molecule has 1 saturated heterocycles. The molecule has 5 heteroatoms. The second kappa shape index (κ2) is 5.81. The maximum absolute atomic E-state index is 12.4. The van der Waals surface area contributed by atoms with Gasteiger partial charge in [-0.1, -0.05) is 29.8 Å². The molecule has 1 heterocycles. The number of para-hydroxylation sites is 1. The number of β-lactam (4-membered cyclic amide) rings is 1. The molecule has 3 rings (SSSR count). The summed E-state index contributed by atoms with van der Waals surface area (Å²) < 4.78 is 5.63. The predicted octanol–water partition coefficient (Wildman–Crippen LogP) is 3.01. The molecule has 1 fully saturated rings. The van der Waals surface area contributed by atoms with E-state index in [1.165, 1.54) is 4.90 Å². The van der Waals surface area contributed by atoms with Gasteiger partial charge in [-0.05, 0) is 42.8 Å². The first kappa shape index (κ1) is 14.6. The van der Waals surface area contributed by atoms with Crippen LogP contribution in [0.15, 0.2) is 48.5 Å². The monoisotopic (exact) mass is 315 g/mol. The number of ether oxygens (including phenoxy) is 1. The average Bonchev–Trinajstić information content (AvgIpc) is 2.53. The molecule has 0 aliphatic carbocycles. The number of carbonyl (C=O) groups excluding carboxylic acids is 2. The van der Waals surface area contributed by atoms with Crippen LogP contribution in [0, 0.1) is 6.92 Å². The van der Waals surface area contributed by atoms with Gasteiger partial charge in [-0.25, -0.2) is 0 Å². The zero-order chi connectivity index (χ0) is 15.7. The number of anilines is 1. The molecule has 0 spiro atoms. The number of hydrogen-bond donors (Lipinski definition) is 0. The largest absolute Gasteiger partial charge is 0.478 e. The number of carbonyl (C=O) groups is 2. The Morgan fingerprint density at radius 3 is 2.45 bits per heavy atom. The molecule has 112 valence electrons. The van der Waals surface area contributed by atoms with Crippen LogP contribution in [0.4, 0.5) is 5.69 Å². The Balaban J connectivity index is 1.81. The first-order valence-electron chi connectivity index (χ1n) is 6.88. The van der Waals surface area contributed by atoms with Crippen LogP contribution in [0.2, 0.25) is 5.02 Å². The fraction of sp³-hybridized carbons (Fsp3) is 0.176. The van der Waals surface area contributed by atoms with Crippen molar-refractivity contribution in [3.05, 3.63) is 59.1 Å². The van der Waals surface area contributed by atoms with Crippen LogP contribution in [-0.2, 0) is 9.59 Å². The van der Waals surface area contributed by atoms with E-state index in [9.17, 15) is 9.59 Å². The minimum atomic E-state index is -0.793. The number of halogens is 1. The molecular weight excluding hydrogens is 302 g/mol. The topological polar surface area (TPSA) is 46.6 Å². The molecule has 1 aliphatic rings. The van der Waals surface area contributed by atoms with Crippen molar-refractivity contribution in [2.45, 2.75) is 19.1 Å². The summed E-state index contributed by atoms with van der Waals surface area (Å²) >= 11 is 5.81. The highest BCUT2D eigenvalue weighted by molar-refractivity contribution is 6.30. The maximum atomic E-state index is 12.4. The molecule has 2 aromatic rings. The highest BCUT2D eigenvalue weighted by Gasteiger charge is 2.50.